The monoisotopic (exact) mass is 325 g/mol. The molecule has 9 heteroatoms. The number of anilines is 2. The van der Waals surface area contributed by atoms with Crippen LogP contribution in [0.25, 0.3) is 0 Å². The van der Waals surface area contributed by atoms with Crippen molar-refractivity contribution in [2.24, 2.45) is 0 Å². The number of carbonyl (C=O) groups excluding carboxylic acids is 1. The van der Waals surface area contributed by atoms with Crippen LogP contribution in [0.3, 0.4) is 0 Å². The first-order chi connectivity index (χ1) is 10.6. The van der Waals surface area contributed by atoms with Crippen LogP contribution in [0.5, 0.6) is 0 Å². The summed E-state index contributed by atoms with van der Waals surface area (Å²) in [7, 11) is -2.92. The Bertz CT molecular complexity index is 643. The van der Waals surface area contributed by atoms with Crippen LogP contribution >= 0.6 is 0 Å². The normalized spacial score (nSPS) is 24.3. The molecule has 0 aliphatic carbocycles. The maximum atomic E-state index is 11.5. The third-order valence-electron chi connectivity index (χ3n) is 3.99. The van der Waals surface area contributed by atoms with Gasteiger partial charge < -0.3 is 15.1 Å². The molecule has 3 heterocycles. The molecule has 2 fully saturated rings. The van der Waals surface area contributed by atoms with Gasteiger partial charge >= 0.3 is 0 Å². The second kappa shape index (κ2) is 6.07. The molecule has 0 radical (unpaired) electrons. The minimum atomic E-state index is -2.92. The maximum absolute atomic E-state index is 11.5. The highest BCUT2D eigenvalue weighted by Crippen LogP contribution is 2.18. The van der Waals surface area contributed by atoms with Crippen LogP contribution in [0.1, 0.15) is 6.42 Å². The number of sulfone groups is 1. The van der Waals surface area contributed by atoms with E-state index in [4.69, 9.17) is 0 Å². The zero-order chi connectivity index (χ0) is 15.6. The zero-order valence-corrected chi connectivity index (χ0v) is 13.0. The average Bonchev–Trinajstić information content (AvgIpc) is 2.86. The summed E-state index contributed by atoms with van der Waals surface area (Å²) in [5.74, 6) is 1.61. The minimum absolute atomic E-state index is 0.118. The Morgan fingerprint density at radius 1 is 1.27 bits per heavy atom. The first kappa shape index (κ1) is 15.0. The predicted octanol–water partition coefficient (Wildman–Crippen LogP) is -0.646. The largest absolute Gasteiger partial charge is 0.353 e. The lowest BCUT2D eigenvalue weighted by Crippen LogP contribution is -2.46. The van der Waals surface area contributed by atoms with Gasteiger partial charge in [-0.05, 0) is 12.5 Å². The molecular formula is C13H19N5O3S. The number of hydrogen-bond donors (Lipinski definition) is 1. The highest BCUT2D eigenvalue weighted by molar-refractivity contribution is 7.91. The molecular weight excluding hydrogens is 306 g/mol. The highest BCUT2D eigenvalue weighted by atomic mass is 32.2. The fourth-order valence-electron chi connectivity index (χ4n) is 2.74. The van der Waals surface area contributed by atoms with Crippen molar-refractivity contribution in [3.63, 3.8) is 0 Å². The van der Waals surface area contributed by atoms with Crippen LogP contribution in [-0.2, 0) is 14.6 Å². The van der Waals surface area contributed by atoms with E-state index in [1.54, 1.807) is 11.1 Å². The summed E-state index contributed by atoms with van der Waals surface area (Å²) in [4.78, 5) is 23.2. The van der Waals surface area contributed by atoms with Gasteiger partial charge in [0.1, 0.15) is 5.82 Å². The van der Waals surface area contributed by atoms with Crippen molar-refractivity contribution in [1.29, 1.82) is 0 Å². The summed E-state index contributed by atoms with van der Waals surface area (Å²) >= 11 is 0. The van der Waals surface area contributed by atoms with Gasteiger partial charge in [0.05, 0.1) is 11.5 Å². The van der Waals surface area contributed by atoms with Gasteiger partial charge in [0.25, 0.3) is 0 Å². The lowest BCUT2D eigenvalue weighted by Gasteiger charge is -2.33. The molecule has 8 nitrogen and oxygen atoms in total. The third kappa shape index (κ3) is 3.46. The van der Waals surface area contributed by atoms with Crippen LogP contribution < -0.4 is 10.2 Å². The van der Waals surface area contributed by atoms with Crippen LogP contribution in [0.4, 0.5) is 11.8 Å². The van der Waals surface area contributed by atoms with Crippen molar-refractivity contribution in [1.82, 2.24) is 14.9 Å². The summed E-state index contributed by atoms with van der Waals surface area (Å²) in [5.41, 5.74) is 0. The molecule has 1 N–H and O–H groups in total. The molecule has 0 bridgehead atoms. The van der Waals surface area contributed by atoms with Crippen LogP contribution in [0.2, 0.25) is 0 Å². The molecule has 0 aromatic carbocycles. The number of amides is 1. The number of nitrogens with zero attached hydrogens (tertiary/aromatic N) is 4. The van der Waals surface area contributed by atoms with E-state index in [1.807, 2.05) is 6.07 Å². The molecule has 1 amide bonds. The molecule has 22 heavy (non-hydrogen) atoms. The Labute approximate surface area is 129 Å². The number of carbonyl (C=O) groups is 1. The molecule has 1 unspecified atom stereocenters. The van der Waals surface area contributed by atoms with Crippen molar-refractivity contribution in [3.8, 4) is 0 Å². The highest BCUT2D eigenvalue weighted by Gasteiger charge is 2.28. The van der Waals surface area contributed by atoms with Crippen LogP contribution in [-0.4, -0.2) is 73.4 Å². The van der Waals surface area contributed by atoms with Gasteiger partial charge in [-0.2, -0.15) is 4.98 Å². The predicted molar refractivity (Wildman–Crippen MR) is 82.6 cm³/mol. The molecule has 2 aliphatic heterocycles. The summed E-state index contributed by atoms with van der Waals surface area (Å²) < 4.78 is 23.0. The van der Waals surface area contributed by atoms with Crippen molar-refractivity contribution < 1.29 is 13.2 Å². The Balaban J connectivity index is 1.64. The molecule has 1 aromatic heterocycles. The molecule has 2 saturated heterocycles. The summed E-state index contributed by atoms with van der Waals surface area (Å²) in [5, 5.41) is 3.10. The molecule has 1 atom stereocenters. The number of rotatable bonds is 4. The van der Waals surface area contributed by atoms with Gasteiger partial charge in [-0.15, -0.1) is 0 Å². The molecule has 0 spiro atoms. The Morgan fingerprint density at radius 3 is 2.68 bits per heavy atom. The van der Waals surface area contributed by atoms with Gasteiger partial charge in [0.15, 0.2) is 9.84 Å². The molecule has 1 aromatic rings. The second-order valence-corrected chi connectivity index (χ2v) is 7.84. The van der Waals surface area contributed by atoms with E-state index in [-0.39, 0.29) is 17.5 Å². The topological polar surface area (TPSA) is 95.5 Å². The van der Waals surface area contributed by atoms with E-state index >= 15 is 0 Å². The van der Waals surface area contributed by atoms with E-state index < -0.39 is 9.84 Å². The van der Waals surface area contributed by atoms with Crippen molar-refractivity contribution in [3.05, 3.63) is 12.3 Å². The number of piperazine rings is 1. The molecule has 120 valence electrons. The average molecular weight is 325 g/mol. The van der Waals surface area contributed by atoms with Crippen LogP contribution in [0, 0.1) is 0 Å². The lowest BCUT2D eigenvalue weighted by molar-refractivity contribution is -0.118. The van der Waals surface area contributed by atoms with Crippen molar-refractivity contribution in [2.75, 3.05) is 47.9 Å². The zero-order valence-electron chi connectivity index (χ0n) is 12.2. The SMILES string of the molecule is O=CN1CCN(c2ccnc(NC3CCS(=O)(=O)C3)n2)CC1. The van der Waals surface area contributed by atoms with Gasteiger partial charge in [-0.3, -0.25) is 4.79 Å². The minimum Gasteiger partial charge on any atom is -0.353 e. The molecule has 2 aliphatic rings. The van der Waals surface area contributed by atoms with E-state index in [9.17, 15) is 13.2 Å². The smallest absolute Gasteiger partial charge is 0.224 e. The van der Waals surface area contributed by atoms with Gasteiger partial charge in [0, 0.05) is 38.4 Å². The first-order valence-electron chi connectivity index (χ1n) is 7.30. The van der Waals surface area contributed by atoms with E-state index in [0.29, 0.717) is 25.5 Å². The summed E-state index contributed by atoms with van der Waals surface area (Å²) in [6.07, 6.45) is 3.12. The third-order valence-corrected chi connectivity index (χ3v) is 5.76. The molecule has 0 saturated carbocycles. The van der Waals surface area contributed by atoms with Gasteiger partial charge in [-0.1, -0.05) is 0 Å². The second-order valence-electron chi connectivity index (χ2n) is 5.61. The summed E-state index contributed by atoms with van der Waals surface area (Å²) in [6, 6.07) is 1.71. The Morgan fingerprint density at radius 2 is 2.05 bits per heavy atom. The number of nitrogens with one attached hydrogen (secondary N) is 1. The lowest BCUT2D eigenvalue weighted by atomic mass is 10.3. The van der Waals surface area contributed by atoms with Gasteiger partial charge in [0.2, 0.25) is 12.4 Å². The quantitative estimate of drug-likeness (QED) is 0.735. The summed E-state index contributed by atoms with van der Waals surface area (Å²) in [6.45, 7) is 2.81. The van der Waals surface area contributed by atoms with Crippen molar-refractivity contribution in [2.45, 2.75) is 12.5 Å². The maximum Gasteiger partial charge on any atom is 0.224 e. The molecule has 3 rings (SSSR count). The Hall–Kier alpha value is -1.90. The Kier molecular flexibility index (Phi) is 4.14. The van der Waals surface area contributed by atoms with Gasteiger partial charge in [-0.25, -0.2) is 13.4 Å². The number of hydrogen-bond acceptors (Lipinski definition) is 7. The fourth-order valence-corrected chi connectivity index (χ4v) is 4.42. The van der Waals surface area contributed by atoms with E-state index in [2.05, 4.69) is 20.2 Å². The van der Waals surface area contributed by atoms with E-state index in [0.717, 1.165) is 25.3 Å². The fraction of sp³-hybridized carbons (Fsp3) is 0.615. The van der Waals surface area contributed by atoms with E-state index in [1.165, 1.54) is 0 Å². The van der Waals surface area contributed by atoms with Crippen LogP contribution in [0.15, 0.2) is 12.3 Å². The van der Waals surface area contributed by atoms with Crippen molar-refractivity contribution >= 4 is 28.0 Å². The number of aromatic nitrogens is 2. The standard InChI is InChI=1S/C13H19N5O3S/c19-10-17-4-6-18(7-5-17)12-1-3-14-13(16-12)15-11-2-8-22(20,21)9-11/h1,3,10-11H,2,4-9H2,(H,14,15,16). The first-order valence-corrected chi connectivity index (χ1v) is 9.12.